The maximum Gasteiger partial charge on any atom is -0.0351 e. The van der Waals surface area contributed by atoms with Crippen LogP contribution < -0.4 is 0 Å². The molecule has 0 aliphatic heterocycles. The first kappa shape index (κ1) is 21.7. The fourth-order valence-electron chi connectivity index (χ4n) is 2.98. The van der Waals surface area contributed by atoms with Crippen LogP contribution in [0.2, 0.25) is 0 Å². The Balaban J connectivity index is 3.05. The molecule has 0 N–H and O–H groups in total. The molecule has 0 heteroatoms. The largest absolute Gasteiger partial charge is 0.0885 e. The number of hydrogen-bond donors (Lipinski definition) is 0. The van der Waals surface area contributed by atoms with Crippen LogP contribution >= 0.6 is 0 Å². The number of rotatable bonds is 17. The van der Waals surface area contributed by atoms with E-state index in [2.05, 4.69) is 32.9 Å². The molecular formula is C22H44. The van der Waals surface area contributed by atoms with Crippen molar-refractivity contribution in [3.8, 4) is 0 Å². The Labute approximate surface area is 142 Å². The second-order valence-electron chi connectivity index (χ2n) is 7.47. The molecule has 132 valence electrons. The topological polar surface area (TPSA) is 0 Å². The molecule has 0 radical (unpaired) electrons. The molecular weight excluding hydrogens is 264 g/mol. The standard InChI is InChI=1S/C22H44/c1-4-5-6-7-8-9-10-11-12-13-14-15-16-17-18-19-20-21-22(2)3/h15-16,22H,4-14,17-21H2,1-3H3. The van der Waals surface area contributed by atoms with Crippen molar-refractivity contribution < 1.29 is 0 Å². The van der Waals surface area contributed by atoms with Crippen LogP contribution in [-0.4, -0.2) is 0 Å². The van der Waals surface area contributed by atoms with Crippen molar-refractivity contribution in [1.82, 2.24) is 0 Å². The lowest BCUT2D eigenvalue weighted by molar-refractivity contribution is 0.528. The van der Waals surface area contributed by atoms with Crippen LogP contribution in [0.3, 0.4) is 0 Å². The van der Waals surface area contributed by atoms with E-state index in [0.29, 0.717) is 0 Å². The monoisotopic (exact) mass is 308 g/mol. The fraction of sp³-hybridized carbons (Fsp3) is 0.909. The highest BCUT2D eigenvalue weighted by atomic mass is 14.0. The highest BCUT2D eigenvalue weighted by molar-refractivity contribution is 4.81. The summed E-state index contributed by atoms with van der Waals surface area (Å²) >= 11 is 0. The summed E-state index contributed by atoms with van der Waals surface area (Å²) in [5.41, 5.74) is 0. The van der Waals surface area contributed by atoms with Crippen LogP contribution in [-0.2, 0) is 0 Å². The molecule has 0 unspecified atom stereocenters. The summed E-state index contributed by atoms with van der Waals surface area (Å²) in [5, 5.41) is 0. The highest BCUT2D eigenvalue weighted by Gasteiger charge is 1.93. The van der Waals surface area contributed by atoms with Gasteiger partial charge < -0.3 is 0 Å². The van der Waals surface area contributed by atoms with Gasteiger partial charge in [0.25, 0.3) is 0 Å². The van der Waals surface area contributed by atoms with Crippen molar-refractivity contribution in [2.24, 2.45) is 5.92 Å². The van der Waals surface area contributed by atoms with Gasteiger partial charge in [0.2, 0.25) is 0 Å². The van der Waals surface area contributed by atoms with E-state index in [1.807, 2.05) is 0 Å². The van der Waals surface area contributed by atoms with Crippen molar-refractivity contribution in [2.75, 3.05) is 0 Å². The molecule has 0 amide bonds. The van der Waals surface area contributed by atoms with E-state index in [-0.39, 0.29) is 0 Å². The minimum absolute atomic E-state index is 0.881. The molecule has 0 spiro atoms. The molecule has 0 aliphatic carbocycles. The third-order valence-electron chi connectivity index (χ3n) is 4.54. The smallest absolute Gasteiger partial charge is 0.0351 e. The number of unbranched alkanes of at least 4 members (excludes halogenated alkanes) is 13. The molecule has 0 aliphatic rings. The summed E-state index contributed by atoms with van der Waals surface area (Å²) in [4.78, 5) is 0. The summed E-state index contributed by atoms with van der Waals surface area (Å²) in [7, 11) is 0. The summed E-state index contributed by atoms with van der Waals surface area (Å²) in [6.45, 7) is 6.94. The lowest BCUT2D eigenvalue weighted by atomic mass is 10.0. The van der Waals surface area contributed by atoms with Crippen molar-refractivity contribution >= 4 is 0 Å². The average Bonchev–Trinajstić information content (AvgIpc) is 2.50. The third kappa shape index (κ3) is 19.7. The quantitative estimate of drug-likeness (QED) is 0.187. The zero-order valence-corrected chi connectivity index (χ0v) is 16.0. The summed E-state index contributed by atoms with van der Waals surface area (Å²) in [6, 6.07) is 0. The molecule has 0 bridgehead atoms. The van der Waals surface area contributed by atoms with Crippen LogP contribution in [0, 0.1) is 5.92 Å². The van der Waals surface area contributed by atoms with E-state index < -0.39 is 0 Å². The van der Waals surface area contributed by atoms with E-state index in [4.69, 9.17) is 0 Å². The van der Waals surface area contributed by atoms with Gasteiger partial charge in [-0.05, 0) is 31.6 Å². The maximum absolute atomic E-state index is 2.42. The van der Waals surface area contributed by atoms with E-state index in [1.54, 1.807) is 0 Å². The van der Waals surface area contributed by atoms with Crippen molar-refractivity contribution in [3.63, 3.8) is 0 Å². The van der Waals surface area contributed by atoms with Crippen LogP contribution in [0.5, 0.6) is 0 Å². The SMILES string of the molecule is CCCCCCCCCCCCC=CCCCCCC(C)C. The van der Waals surface area contributed by atoms with Crippen molar-refractivity contribution in [2.45, 2.75) is 124 Å². The lowest BCUT2D eigenvalue weighted by Crippen LogP contribution is -1.86. The lowest BCUT2D eigenvalue weighted by Gasteiger charge is -2.02. The molecule has 0 nitrogen and oxygen atoms in total. The molecule has 22 heavy (non-hydrogen) atoms. The van der Waals surface area contributed by atoms with Crippen LogP contribution in [0.25, 0.3) is 0 Å². The molecule has 0 saturated carbocycles. The van der Waals surface area contributed by atoms with Gasteiger partial charge in [-0.3, -0.25) is 0 Å². The first-order chi connectivity index (χ1) is 10.8. The number of allylic oxidation sites excluding steroid dienone is 2. The second-order valence-corrected chi connectivity index (χ2v) is 7.47. The van der Waals surface area contributed by atoms with E-state index in [0.717, 1.165) is 5.92 Å². The van der Waals surface area contributed by atoms with Crippen LogP contribution in [0.15, 0.2) is 12.2 Å². The Morgan fingerprint density at radius 2 is 0.955 bits per heavy atom. The van der Waals surface area contributed by atoms with Crippen LogP contribution in [0.4, 0.5) is 0 Å². The molecule has 0 saturated heterocycles. The average molecular weight is 309 g/mol. The van der Waals surface area contributed by atoms with E-state index >= 15 is 0 Å². The molecule has 0 fully saturated rings. The predicted octanol–water partition coefficient (Wildman–Crippen LogP) is 8.46. The van der Waals surface area contributed by atoms with Gasteiger partial charge in [0, 0.05) is 0 Å². The van der Waals surface area contributed by atoms with Gasteiger partial charge >= 0.3 is 0 Å². The van der Waals surface area contributed by atoms with Gasteiger partial charge in [-0.15, -0.1) is 0 Å². The second kappa shape index (κ2) is 18.8. The van der Waals surface area contributed by atoms with Gasteiger partial charge in [-0.2, -0.15) is 0 Å². The number of hydrogen-bond acceptors (Lipinski definition) is 0. The Kier molecular flexibility index (Phi) is 18.6. The highest BCUT2D eigenvalue weighted by Crippen LogP contribution is 2.12. The molecule has 0 aromatic heterocycles. The van der Waals surface area contributed by atoms with Gasteiger partial charge in [0.05, 0.1) is 0 Å². The van der Waals surface area contributed by atoms with Crippen molar-refractivity contribution in [1.29, 1.82) is 0 Å². The Morgan fingerprint density at radius 1 is 0.545 bits per heavy atom. The van der Waals surface area contributed by atoms with Crippen LogP contribution in [0.1, 0.15) is 124 Å². The predicted molar refractivity (Wildman–Crippen MR) is 104 cm³/mol. The normalized spacial score (nSPS) is 11.8. The molecule has 0 atom stereocenters. The minimum Gasteiger partial charge on any atom is -0.0885 e. The molecule has 0 aromatic rings. The molecule has 0 heterocycles. The molecule has 0 aromatic carbocycles. The van der Waals surface area contributed by atoms with Crippen molar-refractivity contribution in [3.05, 3.63) is 12.2 Å². The summed E-state index contributed by atoms with van der Waals surface area (Å²) in [6.07, 6.45) is 27.5. The summed E-state index contributed by atoms with van der Waals surface area (Å²) in [5.74, 6) is 0.881. The first-order valence-electron chi connectivity index (χ1n) is 10.4. The maximum atomic E-state index is 2.42. The Bertz CT molecular complexity index is 214. The van der Waals surface area contributed by atoms with E-state index in [1.165, 1.54) is 103 Å². The first-order valence-corrected chi connectivity index (χ1v) is 10.4. The van der Waals surface area contributed by atoms with E-state index in [9.17, 15) is 0 Å². The third-order valence-corrected chi connectivity index (χ3v) is 4.54. The minimum atomic E-state index is 0.881. The van der Waals surface area contributed by atoms with Gasteiger partial charge in [0.1, 0.15) is 0 Å². The molecule has 0 rings (SSSR count). The summed E-state index contributed by atoms with van der Waals surface area (Å²) < 4.78 is 0. The van der Waals surface area contributed by atoms with Gasteiger partial charge in [0.15, 0.2) is 0 Å². The van der Waals surface area contributed by atoms with Gasteiger partial charge in [-0.1, -0.05) is 110 Å². The fourth-order valence-corrected chi connectivity index (χ4v) is 2.98. The Hall–Kier alpha value is -0.260. The Morgan fingerprint density at radius 3 is 1.41 bits per heavy atom. The zero-order chi connectivity index (χ0) is 16.3. The zero-order valence-electron chi connectivity index (χ0n) is 16.0. The van der Waals surface area contributed by atoms with Gasteiger partial charge in [-0.25, -0.2) is 0 Å².